The van der Waals surface area contributed by atoms with Crippen molar-refractivity contribution in [1.82, 2.24) is 0 Å². The lowest BCUT2D eigenvalue weighted by molar-refractivity contribution is 0.218. The van der Waals surface area contributed by atoms with E-state index in [1.807, 2.05) is 0 Å². The third-order valence-corrected chi connectivity index (χ3v) is 1.99. The van der Waals surface area contributed by atoms with Crippen LogP contribution in [-0.2, 0) is 0 Å². The van der Waals surface area contributed by atoms with Gasteiger partial charge in [0.25, 0.3) is 0 Å². The summed E-state index contributed by atoms with van der Waals surface area (Å²) < 4.78 is 0. The summed E-state index contributed by atoms with van der Waals surface area (Å²) in [5.74, 6) is 1.10. The van der Waals surface area contributed by atoms with E-state index in [4.69, 9.17) is 10.8 Å². The maximum atomic E-state index is 8.81. The Balaban J connectivity index is 3.21. The van der Waals surface area contributed by atoms with E-state index in [1.54, 1.807) is 0 Å². The van der Waals surface area contributed by atoms with Gasteiger partial charge in [0.05, 0.1) is 0 Å². The molecule has 0 aliphatic rings. The number of aliphatic hydroxyl groups is 1. The molecule has 0 rings (SSSR count). The zero-order valence-corrected chi connectivity index (χ0v) is 7.71. The third-order valence-electron chi connectivity index (χ3n) is 1.99. The number of aliphatic hydroxyl groups excluding tert-OH is 1. The van der Waals surface area contributed by atoms with E-state index in [9.17, 15) is 0 Å². The predicted molar refractivity (Wildman–Crippen MR) is 48.3 cm³/mol. The predicted octanol–water partition coefficient (Wildman–Crippen LogP) is 1.38. The number of hydrogen-bond donors (Lipinski definition) is 2. The van der Waals surface area contributed by atoms with Crippen molar-refractivity contribution in [3.63, 3.8) is 0 Å². The molecule has 0 aromatic carbocycles. The zero-order chi connectivity index (χ0) is 8.69. The molecule has 0 saturated carbocycles. The Morgan fingerprint density at radius 1 is 1.27 bits per heavy atom. The smallest absolute Gasteiger partial charge is 0.0471 e. The summed E-state index contributed by atoms with van der Waals surface area (Å²) in [6, 6.07) is 0. The highest BCUT2D eigenvalue weighted by molar-refractivity contribution is 4.58. The maximum Gasteiger partial charge on any atom is 0.0471 e. The molecule has 0 radical (unpaired) electrons. The zero-order valence-electron chi connectivity index (χ0n) is 7.71. The number of rotatable bonds is 6. The van der Waals surface area contributed by atoms with Gasteiger partial charge >= 0.3 is 0 Å². The Morgan fingerprint density at radius 2 is 1.91 bits per heavy atom. The van der Waals surface area contributed by atoms with Gasteiger partial charge in [-0.05, 0) is 24.8 Å². The molecule has 0 amide bonds. The van der Waals surface area contributed by atoms with Crippen LogP contribution in [0.5, 0.6) is 0 Å². The molecule has 68 valence electrons. The Hall–Kier alpha value is -0.0800. The van der Waals surface area contributed by atoms with Crippen molar-refractivity contribution in [2.75, 3.05) is 13.2 Å². The van der Waals surface area contributed by atoms with E-state index < -0.39 is 0 Å². The summed E-state index contributed by atoms with van der Waals surface area (Å²) in [7, 11) is 0. The van der Waals surface area contributed by atoms with Gasteiger partial charge in [-0.15, -0.1) is 0 Å². The van der Waals surface area contributed by atoms with Gasteiger partial charge in [0.15, 0.2) is 0 Å². The van der Waals surface area contributed by atoms with Crippen LogP contribution in [-0.4, -0.2) is 18.3 Å². The molecule has 1 atom stereocenters. The van der Waals surface area contributed by atoms with Gasteiger partial charge < -0.3 is 10.8 Å². The van der Waals surface area contributed by atoms with Crippen molar-refractivity contribution >= 4 is 0 Å². The highest BCUT2D eigenvalue weighted by Gasteiger charge is 2.04. The fourth-order valence-corrected chi connectivity index (χ4v) is 1.10. The third kappa shape index (κ3) is 6.32. The van der Waals surface area contributed by atoms with Crippen LogP contribution in [0.4, 0.5) is 0 Å². The van der Waals surface area contributed by atoms with Gasteiger partial charge in [-0.2, -0.15) is 0 Å². The molecule has 0 saturated heterocycles. The molecule has 2 nitrogen and oxygen atoms in total. The Morgan fingerprint density at radius 3 is 2.27 bits per heavy atom. The first-order chi connectivity index (χ1) is 5.20. The molecule has 0 heterocycles. The average molecular weight is 159 g/mol. The molecule has 0 aliphatic carbocycles. The lowest BCUT2D eigenvalue weighted by atomic mass is 9.99. The molecular formula is C9H21NO. The molecule has 0 bridgehead atoms. The monoisotopic (exact) mass is 159 g/mol. The van der Waals surface area contributed by atoms with Gasteiger partial charge in [-0.3, -0.25) is 0 Å². The van der Waals surface area contributed by atoms with Crippen molar-refractivity contribution in [1.29, 1.82) is 0 Å². The summed E-state index contributed by atoms with van der Waals surface area (Å²) in [6.45, 7) is 5.30. The van der Waals surface area contributed by atoms with Crippen molar-refractivity contribution in [3.05, 3.63) is 0 Å². The highest BCUT2D eigenvalue weighted by Crippen LogP contribution is 2.11. The van der Waals surface area contributed by atoms with E-state index in [0.29, 0.717) is 12.5 Å². The second-order valence-corrected chi connectivity index (χ2v) is 3.61. The summed E-state index contributed by atoms with van der Waals surface area (Å²) in [5, 5.41) is 8.81. The minimum absolute atomic E-state index is 0.245. The molecule has 0 fully saturated rings. The number of nitrogens with two attached hydrogens (primary N) is 1. The standard InChI is InChI=1S/C9H21NO/c1-8(2)4-3-5-9(6-10)7-11/h8-9,11H,3-7,10H2,1-2H3. The molecule has 2 heteroatoms. The molecular weight excluding hydrogens is 138 g/mol. The summed E-state index contributed by atoms with van der Waals surface area (Å²) in [6.07, 6.45) is 3.52. The van der Waals surface area contributed by atoms with Gasteiger partial charge in [0, 0.05) is 6.61 Å². The first kappa shape index (κ1) is 10.9. The number of hydrogen-bond acceptors (Lipinski definition) is 2. The average Bonchev–Trinajstić information content (AvgIpc) is 1.98. The summed E-state index contributed by atoms with van der Waals surface area (Å²) in [4.78, 5) is 0. The van der Waals surface area contributed by atoms with Gasteiger partial charge in [-0.1, -0.05) is 26.7 Å². The summed E-state index contributed by atoms with van der Waals surface area (Å²) >= 11 is 0. The lowest BCUT2D eigenvalue weighted by Gasteiger charge is -2.11. The molecule has 0 aliphatic heterocycles. The van der Waals surface area contributed by atoms with Crippen molar-refractivity contribution in [3.8, 4) is 0 Å². The normalized spacial score (nSPS) is 13.9. The van der Waals surface area contributed by atoms with E-state index in [0.717, 1.165) is 12.3 Å². The van der Waals surface area contributed by atoms with Gasteiger partial charge in [0.1, 0.15) is 0 Å². The highest BCUT2D eigenvalue weighted by atomic mass is 16.3. The Kier molecular flexibility index (Phi) is 6.57. The second kappa shape index (κ2) is 6.62. The Labute approximate surface area is 69.8 Å². The first-order valence-electron chi connectivity index (χ1n) is 4.51. The van der Waals surface area contributed by atoms with Crippen molar-refractivity contribution in [2.24, 2.45) is 17.6 Å². The van der Waals surface area contributed by atoms with E-state index in [2.05, 4.69) is 13.8 Å². The minimum atomic E-state index is 0.245. The van der Waals surface area contributed by atoms with Gasteiger partial charge in [-0.25, -0.2) is 0 Å². The molecule has 1 unspecified atom stereocenters. The quantitative estimate of drug-likeness (QED) is 0.615. The van der Waals surface area contributed by atoms with Crippen LogP contribution in [0, 0.1) is 11.8 Å². The van der Waals surface area contributed by atoms with Crippen molar-refractivity contribution in [2.45, 2.75) is 33.1 Å². The maximum absolute atomic E-state index is 8.81. The van der Waals surface area contributed by atoms with Crippen molar-refractivity contribution < 1.29 is 5.11 Å². The SMILES string of the molecule is CC(C)CCCC(CN)CO. The molecule has 3 N–H and O–H groups in total. The molecule has 0 aromatic rings. The van der Waals surface area contributed by atoms with Crippen LogP contribution in [0.2, 0.25) is 0 Å². The van der Waals surface area contributed by atoms with Crippen LogP contribution >= 0.6 is 0 Å². The van der Waals surface area contributed by atoms with E-state index in [1.165, 1.54) is 12.8 Å². The van der Waals surface area contributed by atoms with Gasteiger partial charge in [0.2, 0.25) is 0 Å². The van der Waals surface area contributed by atoms with Crippen LogP contribution in [0.25, 0.3) is 0 Å². The summed E-state index contributed by atoms with van der Waals surface area (Å²) in [5.41, 5.74) is 5.44. The van der Waals surface area contributed by atoms with Crippen LogP contribution < -0.4 is 5.73 Å². The lowest BCUT2D eigenvalue weighted by Crippen LogP contribution is -2.17. The fourth-order valence-electron chi connectivity index (χ4n) is 1.10. The van der Waals surface area contributed by atoms with E-state index in [-0.39, 0.29) is 6.61 Å². The van der Waals surface area contributed by atoms with Crippen LogP contribution in [0.15, 0.2) is 0 Å². The fraction of sp³-hybridized carbons (Fsp3) is 1.00. The molecule has 0 spiro atoms. The van der Waals surface area contributed by atoms with Crippen LogP contribution in [0.1, 0.15) is 33.1 Å². The Bertz CT molecular complexity index is 79.6. The second-order valence-electron chi connectivity index (χ2n) is 3.61. The minimum Gasteiger partial charge on any atom is -0.396 e. The topological polar surface area (TPSA) is 46.2 Å². The largest absolute Gasteiger partial charge is 0.396 e. The molecule has 0 aromatic heterocycles. The van der Waals surface area contributed by atoms with E-state index >= 15 is 0 Å². The molecule has 11 heavy (non-hydrogen) atoms. The van der Waals surface area contributed by atoms with Crippen LogP contribution in [0.3, 0.4) is 0 Å². The first-order valence-corrected chi connectivity index (χ1v) is 4.51.